The molecule has 4 heteroatoms. The Hall–Kier alpha value is -0.900. The predicted octanol–water partition coefficient (Wildman–Crippen LogP) is 3.13. The molecule has 3 nitrogen and oxygen atoms in total. The van der Waals surface area contributed by atoms with Crippen molar-refractivity contribution in [1.82, 2.24) is 4.98 Å². The third-order valence-corrected chi connectivity index (χ3v) is 2.88. The van der Waals surface area contributed by atoms with Gasteiger partial charge in [0.15, 0.2) is 11.5 Å². The molecule has 88 valence electrons. The molecule has 0 radical (unpaired) electrons. The average molecular weight is 239 g/mol. The van der Waals surface area contributed by atoms with Crippen LogP contribution in [0.2, 0.25) is 0 Å². The van der Waals surface area contributed by atoms with E-state index in [0.717, 1.165) is 29.4 Å². The van der Waals surface area contributed by atoms with Crippen LogP contribution in [0.3, 0.4) is 0 Å². The summed E-state index contributed by atoms with van der Waals surface area (Å²) in [5.41, 5.74) is 0. The van der Waals surface area contributed by atoms with Gasteiger partial charge in [0.1, 0.15) is 5.03 Å². The topological polar surface area (TPSA) is 31.4 Å². The van der Waals surface area contributed by atoms with E-state index in [2.05, 4.69) is 4.98 Å². The van der Waals surface area contributed by atoms with Gasteiger partial charge in [-0.15, -0.1) is 11.8 Å². The zero-order valence-electron chi connectivity index (χ0n) is 9.90. The van der Waals surface area contributed by atoms with Crippen molar-refractivity contribution in [2.45, 2.75) is 43.9 Å². The molecule has 2 rings (SSSR count). The number of rotatable bonds is 5. The largest absolute Gasteiger partial charge is 0.486 e. The number of thioether (sulfide) groups is 1. The summed E-state index contributed by atoms with van der Waals surface area (Å²) in [5, 5.41) is 0.895. The maximum atomic E-state index is 5.82. The van der Waals surface area contributed by atoms with Gasteiger partial charge in [-0.2, -0.15) is 0 Å². The lowest BCUT2D eigenvalue weighted by atomic mass is 10.4. The lowest BCUT2D eigenvalue weighted by molar-refractivity contribution is 0.210. The molecule has 1 saturated carbocycles. The molecule has 16 heavy (non-hydrogen) atoms. The fraction of sp³-hybridized carbons (Fsp3) is 0.583. The van der Waals surface area contributed by atoms with Gasteiger partial charge >= 0.3 is 0 Å². The minimum atomic E-state index is 0.136. The summed E-state index contributed by atoms with van der Waals surface area (Å²) in [6.45, 7) is 4.02. The quantitative estimate of drug-likeness (QED) is 0.739. The molecular weight excluding hydrogens is 222 g/mol. The zero-order chi connectivity index (χ0) is 11.5. The summed E-state index contributed by atoms with van der Waals surface area (Å²) in [6, 6.07) is 1.88. The van der Waals surface area contributed by atoms with Crippen LogP contribution in [0.1, 0.15) is 26.7 Å². The standard InChI is InChI=1S/C12H17NO2S/c1-8(2)14-11-10(15-9-4-5-9)6-7-13-12(11)16-3/h6-9H,4-5H2,1-3H3. The fourth-order valence-corrected chi connectivity index (χ4v) is 1.86. The van der Waals surface area contributed by atoms with Crippen LogP contribution in [0, 0.1) is 0 Å². The van der Waals surface area contributed by atoms with Gasteiger partial charge in [-0.25, -0.2) is 4.98 Å². The Morgan fingerprint density at radius 3 is 2.75 bits per heavy atom. The van der Waals surface area contributed by atoms with Crippen molar-refractivity contribution < 1.29 is 9.47 Å². The molecule has 0 saturated heterocycles. The van der Waals surface area contributed by atoms with E-state index in [1.54, 1.807) is 18.0 Å². The molecule has 0 aromatic carbocycles. The Balaban J connectivity index is 2.25. The van der Waals surface area contributed by atoms with Crippen LogP contribution in [0.4, 0.5) is 0 Å². The van der Waals surface area contributed by atoms with Gasteiger partial charge in [-0.1, -0.05) is 0 Å². The second-order valence-corrected chi connectivity index (χ2v) is 4.93. The van der Waals surface area contributed by atoms with Crippen LogP contribution in [-0.4, -0.2) is 23.4 Å². The maximum absolute atomic E-state index is 5.82. The van der Waals surface area contributed by atoms with Crippen LogP contribution < -0.4 is 9.47 Å². The normalized spacial score (nSPS) is 15.2. The first-order valence-electron chi connectivity index (χ1n) is 5.57. The summed E-state index contributed by atoms with van der Waals surface area (Å²) in [4.78, 5) is 4.30. The Kier molecular flexibility index (Phi) is 3.59. The van der Waals surface area contributed by atoms with Crippen molar-refractivity contribution in [3.63, 3.8) is 0 Å². The molecule has 1 aliphatic carbocycles. The summed E-state index contributed by atoms with van der Waals surface area (Å²) < 4.78 is 11.6. The molecule has 0 amide bonds. The van der Waals surface area contributed by atoms with Gasteiger partial charge in [-0.05, 0) is 32.9 Å². The van der Waals surface area contributed by atoms with E-state index in [1.165, 1.54) is 0 Å². The SMILES string of the molecule is CSc1nccc(OC2CC2)c1OC(C)C. The fourth-order valence-electron chi connectivity index (χ4n) is 1.36. The number of nitrogens with zero attached hydrogens (tertiary/aromatic N) is 1. The Bertz CT molecular complexity index is 364. The molecule has 0 atom stereocenters. The minimum Gasteiger partial charge on any atom is -0.486 e. The lowest BCUT2D eigenvalue weighted by Crippen LogP contribution is -2.09. The summed E-state index contributed by atoms with van der Waals surface area (Å²) in [6.07, 6.45) is 6.59. The summed E-state index contributed by atoms with van der Waals surface area (Å²) >= 11 is 1.58. The summed E-state index contributed by atoms with van der Waals surface area (Å²) in [5.74, 6) is 1.62. The monoisotopic (exact) mass is 239 g/mol. The number of aromatic nitrogens is 1. The van der Waals surface area contributed by atoms with E-state index in [4.69, 9.17) is 9.47 Å². The predicted molar refractivity (Wildman–Crippen MR) is 65.4 cm³/mol. The Morgan fingerprint density at radius 2 is 2.19 bits per heavy atom. The van der Waals surface area contributed by atoms with E-state index in [9.17, 15) is 0 Å². The molecule has 1 aromatic heterocycles. The molecular formula is C12H17NO2S. The van der Waals surface area contributed by atoms with Gasteiger partial charge in [0.25, 0.3) is 0 Å². The van der Waals surface area contributed by atoms with Crippen molar-refractivity contribution in [2.24, 2.45) is 0 Å². The van der Waals surface area contributed by atoms with Crippen molar-refractivity contribution in [3.8, 4) is 11.5 Å². The van der Waals surface area contributed by atoms with E-state index in [-0.39, 0.29) is 6.10 Å². The highest BCUT2D eigenvalue weighted by molar-refractivity contribution is 7.98. The van der Waals surface area contributed by atoms with Crippen molar-refractivity contribution in [1.29, 1.82) is 0 Å². The molecule has 1 aliphatic rings. The third kappa shape index (κ3) is 2.82. The Labute approximate surface area is 101 Å². The van der Waals surface area contributed by atoms with Crippen LogP contribution in [0.5, 0.6) is 11.5 Å². The highest BCUT2D eigenvalue weighted by Crippen LogP contribution is 2.38. The molecule has 0 aliphatic heterocycles. The first-order chi connectivity index (χ1) is 7.70. The van der Waals surface area contributed by atoms with Crippen molar-refractivity contribution in [3.05, 3.63) is 12.3 Å². The first-order valence-corrected chi connectivity index (χ1v) is 6.79. The van der Waals surface area contributed by atoms with Crippen LogP contribution in [-0.2, 0) is 0 Å². The third-order valence-electron chi connectivity index (χ3n) is 2.20. The van der Waals surface area contributed by atoms with Gasteiger partial charge in [0.05, 0.1) is 12.2 Å². The van der Waals surface area contributed by atoms with E-state index in [0.29, 0.717) is 6.10 Å². The second-order valence-electron chi connectivity index (χ2n) is 4.13. The van der Waals surface area contributed by atoms with E-state index in [1.807, 2.05) is 26.2 Å². The Morgan fingerprint density at radius 1 is 1.44 bits per heavy atom. The smallest absolute Gasteiger partial charge is 0.193 e. The highest BCUT2D eigenvalue weighted by Gasteiger charge is 2.26. The highest BCUT2D eigenvalue weighted by atomic mass is 32.2. The molecule has 1 heterocycles. The molecule has 0 unspecified atom stereocenters. The molecule has 1 aromatic rings. The maximum Gasteiger partial charge on any atom is 0.193 e. The number of hydrogen-bond acceptors (Lipinski definition) is 4. The van der Waals surface area contributed by atoms with Gasteiger partial charge in [0.2, 0.25) is 0 Å². The average Bonchev–Trinajstić information content (AvgIpc) is 3.04. The van der Waals surface area contributed by atoms with Crippen molar-refractivity contribution >= 4 is 11.8 Å². The van der Waals surface area contributed by atoms with E-state index < -0.39 is 0 Å². The van der Waals surface area contributed by atoms with Crippen molar-refractivity contribution in [2.75, 3.05) is 6.26 Å². The summed E-state index contributed by atoms with van der Waals surface area (Å²) in [7, 11) is 0. The number of pyridine rings is 1. The molecule has 1 fully saturated rings. The first kappa shape index (κ1) is 11.6. The molecule has 0 bridgehead atoms. The van der Waals surface area contributed by atoms with Gasteiger partial charge < -0.3 is 9.47 Å². The van der Waals surface area contributed by atoms with E-state index >= 15 is 0 Å². The van der Waals surface area contributed by atoms with Crippen LogP contribution in [0.15, 0.2) is 17.3 Å². The lowest BCUT2D eigenvalue weighted by Gasteiger charge is -2.16. The zero-order valence-corrected chi connectivity index (χ0v) is 10.7. The number of ether oxygens (including phenoxy) is 2. The molecule has 0 N–H and O–H groups in total. The van der Waals surface area contributed by atoms with Crippen LogP contribution >= 0.6 is 11.8 Å². The van der Waals surface area contributed by atoms with Gasteiger partial charge in [-0.3, -0.25) is 0 Å². The second kappa shape index (κ2) is 4.95. The van der Waals surface area contributed by atoms with Gasteiger partial charge in [0, 0.05) is 12.3 Å². The number of hydrogen-bond donors (Lipinski definition) is 0. The minimum absolute atomic E-state index is 0.136. The van der Waals surface area contributed by atoms with Crippen LogP contribution in [0.25, 0.3) is 0 Å². The molecule has 0 spiro atoms.